The van der Waals surface area contributed by atoms with Crippen LogP contribution in [0, 0.1) is 0 Å². The summed E-state index contributed by atoms with van der Waals surface area (Å²) in [5.74, 6) is 0. The van der Waals surface area contributed by atoms with E-state index >= 15 is 0 Å². The van der Waals surface area contributed by atoms with E-state index in [1.165, 1.54) is 66.3 Å². The quantitative estimate of drug-likeness (QED) is 0.151. The van der Waals surface area contributed by atoms with Crippen LogP contribution in [0.4, 0.5) is 17.1 Å². The summed E-state index contributed by atoms with van der Waals surface area (Å²) >= 11 is 0. The maximum absolute atomic E-state index is 4.04. The number of rotatable bonds is 8. The Morgan fingerprint density at radius 3 is 1.65 bits per heavy atom. The van der Waals surface area contributed by atoms with Gasteiger partial charge in [-0.2, -0.15) is 0 Å². The number of aromatic nitrogens is 1. The Bertz CT molecular complexity index is 2980. The molecule has 1 aliphatic rings. The lowest BCUT2D eigenvalue weighted by Gasteiger charge is -2.28. The first-order valence-corrected chi connectivity index (χ1v) is 19.7. The summed E-state index contributed by atoms with van der Waals surface area (Å²) < 4.78 is 2.36. The molecule has 0 fully saturated rings. The van der Waals surface area contributed by atoms with Gasteiger partial charge in [-0.15, -0.1) is 0 Å². The molecule has 0 saturated carbocycles. The molecule has 0 amide bonds. The summed E-state index contributed by atoms with van der Waals surface area (Å²) in [7, 11) is 0. The van der Waals surface area contributed by atoms with Gasteiger partial charge in [0.25, 0.3) is 0 Å². The molecule has 0 atom stereocenters. The molecular formula is C55H42N2. The van der Waals surface area contributed by atoms with Gasteiger partial charge in [0.05, 0.1) is 11.0 Å². The third kappa shape index (κ3) is 5.72. The first-order chi connectivity index (χ1) is 27.9. The number of hydrogen-bond acceptors (Lipinski definition) is 1. The predicted molar refractivity (Wildman–Crippen MR) is 244 cm³/mol. The summed E-state index contributed by atoms with van der Waals surface area (Å²) in [4.78, 5) is 2.39. The minimum atomic E-state index is -0.150. The second-order valence-electron chi connectivity index (χ2n) is 15.5. The van der Waals surface area contributed by atoms with E-state index in [1.807, 2.05) is 12.2 Å². The molecule has 0 spiro atoms. The highest BCUT2D eigenvalue weighted by Gasteiger charge is 2.36. The van der Waals surface area contributed by atoms with Gasteiger partial charge in [0.15, 0.2) is 0 Å². The zero-order valence-electron chi connectivity index (χ0n) is 32.3. The molecule has 1 heterocycles. The first kappa shape index (κ1) is 34.3. The molecule has 0 radical (unpaired) electrons. The zero-order chi connectivity index (χ0) is 38.7. The SMILES string of the molecule is C=Cc1ccc(-n2c3ccccc3c3cc(-c4ccc(N(c5ccc(-c6ccccc6)cc5)c5ccc6c(c5)C(C)(C)c5cc(C=C)ccc5-6)cc4)ccc32)cc1. The van der Waals surface area contributed by atoms with Crippen LogP contribution >= 0.6 is 0 Å². The lowest BCUT2D eigenvalue weighted by molar-refractivity contribution is 0.660. The Balaban J connectivity index is 1.06. The van der Waals surface area contributed by atoms with E-state index in [1.54, 1.807) is 0 Å². The molecule has 10 rings (SSSR count). The highest BCUT2D eigenvalue weighted by atomic mass is 15.1. The smallest absolute Gasteiger partial charge is 0.0541 e. The van der Waals surface area contributed by atoms with Gasteiger partial charge in [0, 0.05) is 38.9 Å². The van der Waals surface area contributed by atoms with Crippen LogP contribution in [0.25, 0.3) is 73.0 Å². The molecule has 0 unspecified atom stereocenters. The number of hydrogen-bond donors (Lipinski definition) is 0. The highest BCUT2D eigenvalue weighted by Crippen LogP contribution is 2.51. The second-order valence-corrected chi connectivity index (χ2v) is 15.5. The molecule has 9 aromatic rings. The van der Waals surface area contributed by atoms with Crippen LogP contribution < -0.4 is 4.90 Å². The lowest BCUT2D eigenvalue weighted by Crippen LogP contribution is -2.16. The van der Waals surface area contributed by atoms with Crippen molar-refractivity contribution in [1.29, 1.82) is 0 Å². The average Bonchev–Trinajstić information content (AvgIpc) is 3.72. The van der Waals surface area contributed by atoms with Crippen molar-refractivity contribution >= 4 is 51.0 Å². The molecule has 2 nitrogen and oxygen atoms in total. The normalized spacial score (nSPS) is 12.7. The third-order valence-electron chi connectivity index (χ3n) is 11.9. The fraction of sp³-hybridized carbons (Fsp3) is 0.0545. The fourth-order valence-corrected chi connectivity index (χ4v) is 8.88. The van der Waals surface area contributed by atoms with Gasteiger partial charge in [0.1, 0.15) is 0 Å². The topological polar surface area (TPSA) is 8.17 Å². The molecule has 1 aliphatic carbocycles. The van der Waals surface area contributed by atoms with Crippen molar-refractivity contribution in [3.05, 3.63) is 217 Å². The molecule has 57 heavy (non-hydrogen) atoms. The summed E-state index contributed by atoms with van der Waals surface area (Å²) in [5, 5.41) is 2.48. The van der Waals surface area contributed by atoms with E-state index in [2.05, 4.69) is 218 Å². The van der Waals surface area contributed by atoms with E-state index in [9.17, 15) is 0 Å². The molecule has 2 heteroatoms. The van der Waals surface area contributed by atoms with Gasteiger partial charge in [0.2, 0.25) is 0 Å². The Labute approximate surface area is 334 Å². The molecular weight excluding hydrogens is 689 g/mol. The third-order valence-corrected chi connectivity index (χ3v) is 11.9. The van der Waals surface area contributed by atoms with Crippen molar-refractivity contribution in [3.8, 4) is 39.1 Å². The van der Waals surface area contributed by atoms with Crippen LogP contribution in [0.2, 0.25) is 0 Å². The van der Waals surface area contributed by atoms with E-state index in [-0.39, 0.29) is 5.41 Å². The highest BCUT2D eigenvalue weighted by molar-refractivity contribution is 6.10. The number of benzene rings is 8. The Kier molecular flexibility index (Phi) is 8.16. The Hall–Kier alpha value is -7.16. The van der Waals surface area contributed by atoms with Gasteiger partial charge < -0.3 is 9.47 Å². The molecule has 272 valence electrons. The summed E-state index contributed by atoms with van der Waals surface area (Å²) in [6.07, 6.45) is 3.83. The van der Waals surface area contributed by atoms with Gasteiger partial charge in [-0.3, -0.25) is 0 Å². The summed E-state index contributed by atoms with van der Waals surface area (Å²) in [5.41, 5.74) is 19.1. The minimum absolute atomic E-state index is 0.150. The summed E-state index contributed by atoms with van der Waals surface area (Å²) in [6, 6.07) is 66.5. The van der Waals surface area contributed by atoms with Crippen LogP contribution in [-0.4, -0.2) is 4.57 Å². The van der Waals surface area contributed by atoms with Crippen LogP contribution in [0.15, 0.2) is 195 Å². The first-order valence-electron chi connectivity index (χ1n) is 19.7. The van der Waals surface area contributed by atoms with Gasteiger partial charge >= 0.3 is 0 Å². The number of nitrogens with zero attached hydrogens (tertiary/aromatic N) is 2. The predicted octanol–water partition coefficient (Wildman–Crippen LogP) is 15.2. The maximum atomic E-state index is 4.04. The van der Waals surface area contributed by atoms with Crippen molar-refractivity contribution in [2.75, 3.05) is 4.90 Å². The van der Waals surface area contributed by atoms with Crippen molar-refractivity contribution in [2.45, 2.75) is 19.3 Å². The minimum Gasteiger partial charge on any atom is -0.310 e. The van der Waals surface area contributed by atoms with Crippen molar-refractivity contribution in [1.82, 2.24) is 4.57 Å². The molecule has 0 N–H and O–H groups in total. The fourth-order valence-electron chi connectivity index (χ4n) is 8.88. The van der Waals surface area contributed by atoms with Crippen LogP contribution in [0.5, 0.6) is 0 Å². The Morgan fingerprint density at radius 1 is 0.439 bits per heavy atom. The van der Waals surface area contributed by atoms with Gasteiger partial charge in [-0.25, -0.2) is 0 Å². The van der Waals surface area contributed by atoms with E-state index in [0.29, 0.717) is 0 Å². The molecule has 0 saturated heterocycles. The molecule has 0 aliphatic heterocycles. The average molecular weight is 731 g/mol. The molecule has 0 bridgehead atoms. The standard InChI is InChI=1S/C55H42N2/c1-5-37-16-24-45(25-17-37)57-53-15-11-10-14-49(53)50-35-42(23-33-54(50)57)41-21-28-44(29-22-41)56(43-26-19-40(20-27-43)39-12-8-7-9-13-39)46-30-32-48-47-31-18-38(6-2)34-51(47)55(3,4)52(48)36-46/h5-36H,1-2H2,3-4H3. The molecule has 8 aromatic carbocycles. The Morgan fingerprint density at radius 2 is 0.965 bits per heavy atom. The maximum Gasteiger partial charge on any atom is 0.0541 e. The number of fused-ring (bicyclic) bond motifs is 6. The van der Waals surface area contributed by atoms with Crippen molar-refractivity contribution in [3.63, 3.8) is 0 Å². The number of para-hydroxylation sites is 1. The van der Waals surface area contributed by atoms with E-state index < -0.39 is 0 Å². The van der Waals surface area contributed by atoms with Crippen molar-refractivity contribution in [2.24, 2.45) is 0 Å². The van der Waals surface area contributed by atoms with Crippen LogP contribution in [-0.2, 0) is 5.41 Å². The largest absolute Gasteiger partial charge is 0.310 e. The van der Waals surface area contributed by atoms with Gasteiger partial charge in [-0.1, -0.05) is 154 Å². The van der Waals surface area contributed by atoms with Crippen LogP contribution in [0.3, 0.4) is 0 Å². The zero-order valence-corrected chi connectivity index (χ0v) is 32.3. The number of anilines is 3. The monoisotopic (exact) mass is 730 g/mol. The molecule has 1 aromatic heterocycles. The van der Waals surface area contributed by atoms with Gasteiger partial charge in [-0.05, 0) is 122 Å². The summed E-state index contributed by atoms with van der Waals surface area (Å²) in [6.45, 7) is 12.7. The van der Waals surface area contributed by atoms with Crippen molar-refractivity contribution < 1.29 is 0 Å². The van der Waals surface area contributed by atoms with Crippen LogP contribution in [0.1, 0.15) is 36.1 Å². The van der Waals surface area contributed by atoms with E-state index in [4.69, 9.17) is 0 Å². The second kappa shape index (κ2) is 13.5. The van der Waals surface area contributed by atoms with E-state index in [0.717, 1.165) is 33.9 Å². The lowest BCUT2D eigenvalue weighted by atomic mass is 9.81.